The van der Waals surface area contributed by atoms with Crippen molar-refractivity contribution in [3.05, 3.63) is 24.5 Å². The van der Waals surface area contributed by atoms with Crippen LogP contribution in [0.5, 0.6) is 0 Å². The summed E-state index contributed by atoms with van der Waals surface area (Å²) in [4.78, 5) is 8.93. The zero-order valence-corrected chi connectivity index (χ0v) is 12.1. The topological polar surface area (TPSA) is 78.8 Å². The van der Waals surface area contributed by atoms with Crippen LogP contribution in [-0.2, 0) is 6.54 Å². The van der Waals surface area contributed by atoms with E-state index >= 15 is 0 Å². The van der Waals surface area contributed by atoms with E-state index in [1.807, 2.05) is 13.0 Å². The number of hydrogen-bond acceptors (Lipinski definition) is 7. The van der Waals surface area contributed by atoms with Gasteiger partial charge >= 0.3 is 0 Å². The molecule has 21 heavy (non-hydrogen) atoms. The molecule has 1 saturated heterocycles. The number of furan rings is 1. The molecule has 0 radical (unpaired) electrons. The highest BCUT2D eigenvalue weighted by Gasteiger charge is 2.20. The molecule has 3 rings (SSSR count). The van der Waals surface area contributed by atoms with Gasteiger partial charge < -0.3 is 14.0 Å². The van der Waals surface area contributed by atoms with Crippen molar-refractivity contribution in [2.75, 3.05) is 32.7 Å². The largest absolute Gasteiger partial charge is 0.472 e. The molecule has 1 fully saturated rings. The first-order valence-electron chi connectivity index (χ1n) is 7.18. The summed E-state index contributed by atoms with van der Waals surface area (Å²) in [5, 5.41) is 13.4. The normalized spacial score (nSPS) is 19.0. The van der Waals surface area contributed by atoms with Gasteiger partial charge in [-0.15, -0.1) is 0 Å². The van der Waals surface area contributed by atoms with E-state index in [9.17, 15) is 5.11 Å². The Morgan fingerprint density at radius 3 is 2.71 bits per heavy atom. The Morgan fingerprint density at radius 1 is 1.29 bits per heavy atom. The van der Waals surface area contributed by atoms with Gasteiger partial charge in [-0.2, -0.15) is 4.98 Å². The fourth-order valence-electron chi connectivity index (χ4n) is 2.52. The minimum absolute atomic E-state index is 0.273. The van der Waals surface area contributed by atoms with Crippen molar-refractivity contribution in [3.8, 4) is 11.4 Å². The van der Waals surface area contributed by atoms with Gasteiger partial charge in [0.05, 0.1) is 24.5 Å². The summed E-state index contributed by atoms with van der Waals surface area (Å²) in [6.45, 7) is 7.00. The van der Waals surface area contributed by atoms with Crippen molar-refractivity contribution in [2.45, 2.75) is 19.6 Å². The molecule has 0 spiro atoms. The highest BCUT2D eigenvalue weighted by molar-refractivity contribution is 5.51. The first-order valence-corrected chi connectivity index (χ1v) is 7.18. The molecule has 2 aromatic rings. The predicted octanol–water partition coefficient (Wildman–Crippen LogP) is 0.828. The number of piperazine rings is 1. The van der Waals surface area contributed by atoms with Crippen LogP contribution in [0.4, 0.5) is 0 Å². The summed E-state index contributed by atoms with van der Waals surface area (Å²) in [6.07, 6.45) is 2.92. The lowest BCUT2D eigenvalue weighted by Crippen LogP contribution is -2.47. The van der Waals surface area contributed by atoms with Crippen LogP contribution in [0.1, 0.15) is 12.8 Å². The number of rotatable bonds is 5. The number of aromatic nitrogens is 2. The monoisotopic (exact) mass is 292 g/mol. The number of nitrogens with zero attached hydrogens (tertiary/aromatic N) is 4. The van der Waals surface area contributed by atoms with Gasteiger partial charge in [-0.05, 0) is 13.0 Å². The van der Waals surface area contributed by atoms with Gasteiger partial charge in [-0.3, -0.25) is 9.80 Å². The van der Waals surface area contributed by atoms with E-state index in [-0.39, 0.29) is 6.10 Å². The molecule has 1 atom stereocenters. The lowest BCUT2D eigenvalue weighted by molar-refractivity contribution is 0.0737. The second kappa shape index (κ2) is 6.38. The van der Waals surface area contributed by atoms with Gasteiger partial charge in [-0.25, -0.2) is 0 Å². The predicted molar refractivity (Wildman–Crippen MR) is 75.4 cm³/mol. The summed E-state index contributed by atoms with van der Waals surface area (Å²) in [5.41, 5.74) is 0.826. The number of aliphatic hydroxyl groups is 1. The Balaban J connectivity index is 1.52. The molecule has 2 aromatic heterocycles. The van der Waals surface area contributed by atoms with Crippen molar-refractivity contribution in [1.82, 2.24) is 19.9 Å². The number of aliphatic hydroxyl groups excluding tert-OH is 1. The molecule has 0 saturated carbocycles. The Kier molecular flexibility index (Phi) is 4.33. The van der Waals surface area contributed by atoms with Crippen molar-refractivity contribution >= 4 is 0 Å². The summed E-state index contributed by atoms with van der Waals surface area (Å²) in [7, 11) is 0. The van der Waals surface area contributed by atoms with Crippen LogP contribution in [-0.4, -0.2) is 63.9 Å². The summed E-state index contributed by atoms with van der Waals surface area (Å²) >= 11 is 0. The Labute approximate surface area is 123 Å². The smallest absolute Gasteiger partial charge is 0.241 e. The van der Waals surface area contributed by atoms with Crippen LogP contribution in [0.3, 0.4) is 0 Å². The second-order valence-electron chi connectivity index (χ2n) is 5.45. The lowest BCUT2D eigenvalue weighted by atomic mass is 10.3. The molecular weight excluding hydrogens is 272 g/mol. The second-order valence-corrected chi connectivity index (χ2v) is 5.45. The van der Waals surface area contributed by atoms with E-state index in [0.717, 1.165) is 38.3 Å². The fraction of sp³-hybridized carbons (Fsp3) is 0.571. The minimum Gasteiger partial charge on any atom is -0.472 e. The van der Waals surface area contributed by atoms with Crippen LogP contribution in [0, 0.1) is 0 Å². The van der Waals surface area contributed by atoms with Gasteiger partial charge in [0.1, 0.15) is 6.26 Å². The summed E-state index contributed by atoms with van der Waals surface area (Å²) in [5.74, 6) is 1.18. The molecule has 114 valence electrons. The van der Waals surface area contributed by atoms with E-state index in [1.54, 1.807) is 12.5 Å². The van der Waals surface area contributed by atoms with Crippen LogP contribution >= 0.6 is 0 Å². The van der Waals surface area contributed by atoms with Crippen molar-refractivity contribution in [3.63, 3.8) is 0 Å². The molecule has 7 heteroatoms. The van der Waals surface area contributed by atoms with Gasteiger partial charge in [0.15, 0.2) is 0 Å². The van der Waals surface area contributed by atoms with Gasteiger partial charge in [0, 0.05) is 32.7 Å². The molecule has 0 aromatic carbocycles. The van der Waals surface area contributed by atoms with E-state index in [1.165, 1.54) is 0 Å². The average molecular weight is 292 g/mol. The Morgan fingerprint density at radius 2 is 2.05 bits per heavy atom. The molecule has 0 bridgehead atoms. The molecule has 0 unspecified atom stereocenters. The van der Waals surface area contributed by atoms with Crippen LogP contribution in [0.15, 0.2) is 27.5 Å². The molecule has 1 aliphatic rings. The van der Waals surface area contributed by atoms with Gasteiger partial charge in [0.25, 0.3) is 0 Å². The first-order chi connectivity index (χ1) is 10.2. The third kappa shape index (κ3) is 3.69. The molecule has 0 aliphatic carbocycles. The maximum absolute atomic E-state index is 9.40. The van der Waals surface area contributed by atoms with E-state index in [2.05, 4.69) is 19.9 Å². The third-order valence-corrected chi connectivity index (χ3v) is 3.59. The standard InChI is InChI=1S/C14H20N4O3/c1-11(19)8-17-3-5-18(6-4-17)9-13-15-14(16-21-13)12-2-7-20-10-12/h2,7,10-11,19H,3-6,8-9H2,1H3/t11-/m0/s1. The zero-order valence-electron chi connectivity index (χ0n) is 12.1. The van der Waals surface area contributed by atoms with E-state index < -0.39 is 0 Å². The molecule has 0 amide bonds. The Bertz CT molecular complexity index is 544. The maximum atomic E-state index is 9.40. The zero-order chi connectivity index (χ0) is 14.7. The molecular formula is C14H20N4O3. The highest BCUT2D eigenvalue weighted by atomic mass is 16.5. The minimum atomic E-state index is -0.273. The molecule has 7 nitrogen and oxygen atoms in total. The van der Waals surface area contributed by atoms with Gasteiger partial charge in [-0.1, -0.05) is 5.16 Å². The van der Waals surface area contributed by atoms with Crippen molar-refractivity contribution < 1.29 is 14.0 Å². The van der Waals surface area contributed by atoms with Crippen LogP contribution in [0.2, 0.25) is 0 Å². The first kappa shape index (κ1) is 14.2. The number of β-amino-alcohol motifs (C(OH)–C–C–N with tert-alkyl or cyclic N) is 1. The lowest BCUT2D eigenvalue weighted by Gasteiger charge is -2.34. The number of hydrogen-bond donors (Lipinski definition) is 1. The van der Waals surface area contributed by atoms with E-state index in [4.69, 9.17) is 8.94 Å². The third-order valence-electron chi connectivity index (χ3n) is 3.59. The fourth-order valence-corrected chi connectivity index (χ4v) is 2.52. The van der Waals surface area contributed by atoms with E-state index in [0.29, 0.717) is 18.3 Å². The Hall–Kier alpha value is -1.70. The molecule has 1 N–H and O–H groups in total. The van der Waals surface area contributed by atoms with Crippen LogP contribution in [0.25, 0.3) is 11.4 Å². The van der Waals surface area contributed by atoms with Crippen molar-refractivity contribution in [2.24, 2.45) is 0 Å². The van der Waals surface area contributed by atoms with Gasteiger partial charge in [0.2, 0.25) is 11.7 Å². The molecule has 3 heterocycles. The highest BCUT2D eigenvalue weighted by Crippen LogP contribution is 2.16. The average Bonchev–Trinajstić information content (AvgIpc) is 3.11. The SMILES string of the molecule is C[C@H](O)CN1CCN(Cc2nc(-c3ccoc3)no2)CC1. The maximum Gasteiger partial charge on any atom is 0.241 e. The summed E-state index contributed by atoms with van der Waals surface area (Å²) < 4.78 is 10.3. The quantitative estimate of drug-likeness (QED) is 0.874. The molecule has 1 aliphatic heterocycles. The summed E-state index contributed by atoms with van der Waals surface area (Å²) in [6, 6.07) is 1.81. The van der Waals surface area contributed by atoms with Crippen molar-refractivity contribution in [1.29, 1.82) is 0 Å². The van der Waals surface area contributed by atoms with Crippen LogP contribution < -0.4 is 0 Å².